The van der Waals surface area contributed by atoms with Gasteiger partial charge in [0.25, 0.3) is 5.95 Å². The summed E-state index contributed by atoms with van der Waals surface area (Å²) in [4.78, 5) is 28.8. The smallest absolute Gasteiger partial charge is 0.335 e. The Labute approximate surface area is 191 Å². The number of pyridine rings is 1. The first-order chi connectivity index (χ1) is 15.7. The summed E-state index contributed by atoms with van der Waals surface area (Å²) in [6.45, 7) is 1.61. The second-order valence-corrected chi connectivity index (χ2v) is 7.65. The van der Waals surface area contributed by atoms with E-state index in [1.165, 1.54) is 30.3 Å². The summed E-state index contributed by atoms with van der Waals surface area (Å²) < 4.78 is 13.6. The van der Waals surface area contributed by atoms with Gasteiger partial charge in [0, 0.05) is 34.8 Å². The first kappa shape index (κ1) is 22.0. The molecule has 0 unspecified atom stereocenters. The molecule has 0 bridgehead atoms. The largest absolute Gasteiger partial charge is 0.478 e. The fourth-order valence-electron chi connectivity index (χ4n) is 3.20. The highest BCUT2D eigenvalue weighted by Crippen LogP contribution is 2.32. The number of hydrogen-bond donors (Lipinski definition) is 4. The van der Waals surface area contributed by atoms with Crippen molar-refractivity contribution in [3.8, 4) is 0 Å². The van der Waals surface area contributed by atoms with Gasteiger partial charge in [0.05, 0.1) is 16.1 Å². The quantitative estimate of drug-likeness (QED) is 0.181. The van der Waals surface area contributed by atoms with Crippen LogP contribution < -0.4 is 11.1 Å². The second kappa shape index (κ2) is 8.75. The van der Waals surface area contributed by atoms with Gasteiger partial charge in [-0.05, 0) is 37.3 Å². The lowest BCUT2D eigenvalue weighted by molar-refractivity contribution is 0.0697. The molecule has 4 aromatic rings. The maximum atomic E-state index is 13.6. The number of nitrogens with zero attached hydrogens (tertiary/aromatic N) is 4. The van der Waals surface area contributed by atoms with E-state index in [1.54, 1.807) is 19.2 Å². The van der Waals surface area contributed by atoms with Crippen molar-refractivity contribution in [1.29, 1.82) is 5.41 Å². The van der Waals surface area contributed by atoms with Crippen LogP contribution in [-0.2, 0) is 0 Å². The van der Waals surface area contributed by atoms with Gasteiger partial charge in [-0.15, -0.1) is 0 Å². The Morgan fingerprint density at radius 1 is 1.24 bits per heavy atom. The number of hydrogen-bond acceptors (Lipinski definition) is 7. The number of aromatic carboxylic acids is 1. The highest BCUT2D eigenvalue weighted by atomic mass is 35.5. The number of fused-ring (bicyclic) bond motifs is 3. The number of amidine groups is 1. The zero-order valence-corrected chi connectivity index (χ0v) is 18.0. The Bertz CT molecular complexity index is 1470. The molecule has 0 saturated carbocycles. The number of benzene rings is 2. The average Bonchev–Trinajstić information content (AvgIpc) is 2.75. The molecule has 0 aliphatic carbocycles. The highest BCUT2D eigenvalue weighted by molar-refractivity contribution is 6.31. The Hall–Kier alpha value is -4.18. The van der Waals surface area contributed by atoms with E-state index in [-0.39, 0.29) is 34.6 Å². The molecule has 9 nitrogen and oxygen atoms in total. The molecular weight excluding hydrogens is 449 g/mol. The normalized spacial score (nSPS) is 11.7. The molecule has 11 heteroatoms. The molecule has 0 amide bonds. The van der Waals surface area contributed by atoms with E-state index in [9.17, 15) is 14.3 Å². The molecule has 5 N–H and O–H groups in total. The summed E-state index contributed by atoms with van der Waals surface area (Å²) in [6, 6.07) is 8.63. The zero-order valence-electron chi connectivity index (χ0n) is 17.2. The third-order valence-electron chi connectivity index (χ3n) is 4.64. The van der Waals surface area contributed by atoms with Crippen LogP contribution in [0.1, 0.15) is 23.7 Å². The molecular formula is C22H17ClFN7O2. The number of rotatable bonds is 6. The number of anilines is 2. The Balaban J connectivity index is 1.92. The van der Waals surface area contributed by atoms with Gasteiger partial charge in [-0.1, -0.05) is 17.7 Å². The predicted molar refractivity (Wildman–Crippen MR) is 126 cm³/mol. The molecule has 2 aromatic carbocycles. The van der Waals surface area contributed by atoms with E-state index in [4.69, 9.17) is 22.7 Å². The number of nitrogens with two attached hydrogens (primary N) is 1. The number of carboxylic acid groups (broad SMARTS) is 1. The van der Waals surface area contributed by atoms with E-state index >= 15 is 0 Å². The van der Waals surface area contributed by atoms with Crippen LogP contribution in [0.4, 0.5) is 21.8 Å². The number of nitrogens with one attached hydrogen (secondary N) is 2. The van der Waals surface area contributed by atoms with Crippen LogP contribution in [0.3, 0.4) is 0 Å². The van der Waals surface area contributed by atoms with Crippen LogP contribution in [0.5, 0.6) is 0 Å². The minimum absolute atomic E-state index is 0.0713. The minimum Gasteiger partial charge on any atom is -0.478 e. The molecule has 0 saturated heterocycles. The van der Waals surface area contributed by atoms with Gasteiger partial charge in [-0.2, -0.15) is 4.99 Å². The molecule has 2 aromatic heterocycles. The van der Waals surface area contributed by atoms with Crippen molar-refractivity contribution in [1.82, 2.24) is 15.0 Å². The molecule has 0 aliphatic heterocycles. The Morgan fingerprint density at radius 3 is 2.73 bits per heavy atom. The third kappa shape index (κ3) is 4.70. The lowest BCUT2D eigenvalue weighted by atomic mass is 10.1. The van der Waals surface area contributed by atoms with Gasteiger partial charge < -0.3 is 21.6 Å². The van der Waals surface area contributed by atoms with Crippen LogP contribution in [-0.4, -0.2) is 37.6 Å². The second-order valence-electron chi connectivity index (χ2n) is 7.24. The van der Waals surface area contributed by atoms with Crippen LogP contribution in [0.2, 0.25) is 5.02 Å². The molecule has 166 valence electrons. The van der Waals surface area contributed by atoms with E-state index in [2.05, 4.69) is 25.3 Å². The molecule has 0 atom stereocenters. The lowest BCUT2D eigenvalue weighted by Gasteiger charge is -2.12. The predicted octanol–water partition coefficient (Wildman–Crippen LogP) is 4.83. The summed E-state index contributed by atoms with van der Waals surface area (Å²) in [7, 11) is 0. The van der Waals surface area contributed by atoms with Crippen LogP contribution in [0.25, 0.3) is 21.8 Å². The van der Waals surface area contributed by atoms with E-state index in [0.717, 1.165) is 0 Å². The van der Waals surface area contributed by atoms with Crippen molar-refractivity contribution < 1.29 is 14.3 Å². The fraction of sp³-hybridized carbons (Fsp3) is 0.0909. The number of carboxylic acids is 1. The van der Waals surface area contributed by atoms with Crippen molar-refractivity contribution in [2.75, 3.05) is 5.32 Å². The molecule has 0 radical (unpaired) electrons. The van der Waals surface area contributed by atoms with Crippen LogP contribution in [0.15, 0.2) is 47.6 Å². The first-order valence-corrected chi connectivity index (χ1v) is 10.0. The first-order valence-electron chi connectivity index (χ1n) is 9.64. The van der Waals surface area contributed by atoms with Crippen molar-refractivity contribution in [3.63, 3.8) is 0 Å². The average molecular weight is 466 g/mol. The number of aliphatic imine (C=N–C) groups is 1. The van der Waals surface area contributed by atoms with Gasteiger partial charge in [-0.25, -0.2) is 24.1 Å². The van der Waals surface area contributed by atoms with Gasteiger partial charge in [-0.3, -0.25) is 0 Å². The maximum absolute atomic E-state index is 13.6. The van der Waals surface area contributed by atoms with E-state index in [0.29, 0.717) is 33.2 Å². The van der Waals surface area contributed by atoms with Crippen LogP contribution in [0, 0.1) is 11.2 Å². The lowest BCUT2D eigenvalue weighted by Crippen LogP contribution is -2.14. The van der Waals surface area contributed by atoms with Gasteiger partial charge in [0.2, 0.25) is 0 Å². The Morgan fingerprint density at radius 2 is 2.03 bits per heavy atom. The van der Waals surface area contributed by atoms with Crippen molar-refractivity contribution in [2.45, 2.75) is 13.3 Å². The molecule has 0 aliphatic rings. The highest BCUT2D eigenvalue weighted by Gasteiger charge is 2.15. The van der Waals surface area contributed by atoms with Gasteiger partial charge >= 0.3 is 5.97 Å². The molecule has 2 heterocycles. The number of halogens is 2. The zero-order chi connectivity index (χ0) is 23.7. The molecule has 4 rings (SSSR count). The summed E-state index contributed by atoms with van der Waals surface area (Å²) in [6.07, 6.45) is 1.72. The summed E-state index contributed by atoms with van der Waals surface area (Å²) in [5.74, 6) is -1.13. The maximum Gasteiger partial charge on any atom is 0.335 e. The van der Waals surface area contributed by atoms with Gasteiger partial charge in [0.1, 0.15) is 17.2 Å². The van der Waals surface area contributed by atoms with Crippen LogP contribution >= 0.6 is 11.6 Å². The van der Waals surface area contributed by atoms with Crippen molar-refractivity contribution in [2.24, 2.45) is 10.7 Å². The standard InChI is InChI=1S/C22H17ClFN7O2/c1-10(25)6-18(26)30-22-27-9-14-13-4-2-11(21(32)33)7-17(13)29-20(19(14)31-22)28-12-3-5-16(24)15(23)8-12/h2-5,7-9,25H,6H2,1H3,(H,28,29)(H,32,33)(H2,26,27,30,31). The molecule has 0 spiro atoms. The fourth-order valence-corrected chi connectivity index (χ4v) is 3.38. The van der Waals surface area contributed by atoms with Crippen molar-refractivity contribution in [3.05, 3.63) is 59.0 Å². The summed E-state index contributed by atoms with van der Waals surface area (Å²) in [5, 5.41) is 21.1. The minimum atomic E-state index is -1.09. The van der Waals surface area contributed by atoms with E-state index in [1.807, 2.05) is 0 Å². The summed E-state index contributed by atoms with van der Waals surface area (Å²) in [5.41, 5.74) is 7.52. The number of carbonyl (C=O) groups is 1. The molecule has 33 heavy (non-hydrogen) atoms. The molecule has 0 fully saturated rings. The Kier molecular flexibility index (Phi) is 5.84. The number of aromatic nitrogens is 3. The topological polar surface area (TPSA) is 150 Å². The van der Waals surface area contributed by atoms with Crippen molar-refractivity contribution >= 4 is 68.4 Å². The third-order valence-corrected chi connectivity index (χ3v) is 4.93. The van der Waals surface area contributed by atoms with Gasteiger partial charge in [0.15, 0.2) is 5.82 Å². The SMILES string of the molecule is CC(=N)CC(N)=Nc1ncc2c(n1)c(Nc1ccc(F)c(Cl)c1)nc1cc(C(=O)O)ccc12. The summed E-state index contributed by atoms with van der Waals surface area (Å²) >= 11 is 5.90. The monoisotopic (exact) mass is 465 g/mol. The van der Waals surface area contributed by atoms with E-state index < -0.39 is 11.8 Å².